The number of hydrogen-bond acceptors (Lipinski definition) is 1. The third kappa shape index (κ3) is 4.91. The second-order valence-electron chi connectivity index (χ2n) is 5.82. The van der Waals surface area contributed by atoms with Crippen molar-refractivity contribution in [2.24, 2.45) is 5.41 Å². The fourth-order valence-electron chi connectivity index (χ4n) is 2.22. The Bertz CT molecular complexity index is 370. The minimum absolute atomic E-state index is 0.0143. The summed E-state index contributed by atoms with van der Waals surface area (Å²) in [5.41, 5.74) is 1.31. The second kappa shape index (κ2) is 6.58. The van der Waals surface area contributed by atoms with Crippen molar-refractivity contribution in [2.45, 2.75) is 40.0 Å². The zero-order valence-electron chi connectivity index (χ0n) is 12.1. The molecule has 0 N–H and O–H groups in total. The lowest BCUT2D eigenvalue weighted by molar-refractivity contribution is -0.132. The molecule has 0 aromatic heterocycles. The normalized spacial score (nSPS) is 11.3. The summed E-state index contributed by atoms with van der Waals surface area (Å²) in [6, 6.07) is 10.4. The maximum Gasteiger partial charge on any atom is 0.222 e. The second-order valence-corrected chi connectivity index (χ2v) is 5.82. The number of amides is 1. The van der Waals surface area contributed by atoms with Crippen LogP contribution in [0.5, 0.6) is 0 Å². The van der Waals surface area contributed by atoms with E-state index in [4.69, 9.17) is 0 Å². The molecule has 1 aromatic rings. The molecule has 0 radical (unpaired) electrons. The molecule has 1 aromatic carbocycles. The Kier molecular flexibility index (Phi) is 5.39. The van der Waals surface area contributed by atoms with E-state index in [2.05, 4.69) is 45.0 Å². The molecular formula is C16H25NO. The Labute approximate surface area is 111 Å². The van der Waals surface area contributed by atoms with E-state index in [-0.39, 0.29) is 11.3 Å². The fourth-order valence-corrected chi connectivity index (χ4v) is 2.22. The maximum atomic E-state index is 12.1. The maximum absolute atomic E-state index is 12.1. The Morgan fingerprint density at radius 1 is 1.22 bits per heavy atom. The molecule has 0 saturated heterocycles. The van der Waals surface area contributed by atoms with E-state index in [1.165, 1.54) is 5.56 Å². The van der Waals surface area contributed by atoms with Crippen molar-refractivity contribution < 1.29 is 4.79 Å². The van der Waals surface area contributed by atoms with Gasteiger partial charge >= 0.3 is 0 Å². The summed E-state index contributed by atoms with van der Waals surface area (Å²) < 4.78 is 0. The molecule has 0 unspecified atom stereocenters. The highest BCUT2D eigenvalue weighted by Crippen LogP contribution is 2.26. The minimum Gasteiger partial charge on any atom is -0.346 e. The monoisotopic (exact) mass is 247 g/mol. The largest absolute Gasteiger partial charge is 0.346 e. The highest BCUT2D eigenvalue weighted by atomic mass is 16.2. The number of hydrogen-bond donors (Lipinski definition) is 0. The van der Waals surface area contributed by atoms with Crippen molar-refractivity contribution in [1.29, 1.82) is 0 Å². The van der Waals surface area contributed by atoms with Crippen LogP contribution < -0.4 is 0 Å². The van der Waals surface area contributed by atoms with Crippen LogP contribution in [0.4, 0.5) is 0 Å². The first-order valence-electron chi connectivity index (χ1n) is 6.72. The van der Waals surface area contributed by atoms with Crippen molar-refractivity contribution in [3.05, 3.63) is 35.9 Å². The van der Waals surface area contributed by atoms with Gasteiger partial charge in [0.2, 0.25) is 5.91 Å². The van der Waals surface area contributed by atoms with Gasteiger partial charge in [0.25, 0.3) is 0 Å². The number of rotatable bonds is 6. The van der Waals surface area contributed by atoms with Gasteiger partial charge in [0.05, 0.1) is 0 Å². The van der Waals surface area contributed by atoms with Crippen molar-refractivity contribution >= 4 is 5.91 Å². The molecule has 1 amide bonds. The van der Waals surface area contributed by atoms with Crippen LogP contribution in [0.3, 0.4) is 0 Å². The van der Waals surface area contributed by atoms with E-state index < -0.39 is 0 Å². The van der Waals surface area contributed by atoms with Gasteiger partial charge in [0.1, 0.15) is 0 Å². The summed E-state index contributed by atoms with van der Waals surface area (Å²) in [5, 5.41) is 0. The van der Waals surface area contributed by atoms with Crippen LogP contribution in [0.15, 0.2) is 30.3 Å². The van der Waals surface area contributed by atoms with Crippen LogP contribution in [-0.2, 0) is 11.2 Å². The highest BCUT2D eigenvalue weighted by Gasteiger charge is 2.24. The number of nitrogens with zero attached hydrogens (tertiary/aromatic N) is 1. The van der Waals surface area contributed by atoms with Crippen molar-refractivity contribution in [2.75, 3.05) is 13.6 Å². The molecule has 1 rings (SSSR count). The Hall–Kier alpha value is -1.31. The van der Waals surface area contributed by atoms with E-state index in [0.717, 1.165) is 19.4 Å². The standard InChI is InChI=1S/C16H25NO/c1-5-11-17(4)15(18)13-16(2,3)12-14-9-7-6-8-10-14/h6-10H,5,11-13H2,1-4H3. The smallest absolute Gasteiger partial charge is 0.222 e. The first kappa shape index (κ1) is 14.7. The summed E-state index contributed by atoms with van der Waals surface area (Å²) in [5.74, 6) is 0.248. The van der Waals surface area contributed by atoms with Crippen molar-refractivity contribution in [3.8, 4) is 0 Å². The third-order valence-corrected chi connectivity index (χ3v) is 3.14. The quantitative estimate of drug-likeness (QED) is 0.753. The molecule has 0 bridgehead atoms. The van der Waals surface area contributed by atoms with Crippen LogP contribution >= 0.6 is 0 Å². The molecule has 100 valence electrons. The van der Waals surface area contributed by atoms with E-state index >= 15 is 0 Å². The summed E-state index contributed by atoms with van der Waals surface area (Å²) in [6.07, 6.45) is 2.57. The molecule has 0 heterocycles. The van der Waals surface area contributed by atoms with Crippen LogP contribution in [0.1, 0.15) is 39.2 Å². The predicted molar refractivity (Wildman–Crippen MR) is 76.5 cm³/mol. The van der Waals surface area contributed by atoms with Gasteiger partial charge in [-0.3, -0.25) is 4.79 Å². The lowest BCUT2D eigenvalue weighted by Crippen LogP contribution is -2.32. The van der Waals surface area contributed by atoms with Gasteiger partial charge in [-0.1, -0.05) is 51.1 Å². The molecule has 2 nitrogen and oxygen atoms in total. The van der Waals surface area contributed by atoms with Gasteiger partial charge in [-0.25, -0.2) is 0 Å². The summed E-state index contributed by atoms with van der Waals surface area (Å²) >= 11 is 0. The molecule has 0 atom stereocenters. The third-order valence-electron chi connectivity index (χ3n) is 3.14. The minimum atomic E-state index is 0.0143. The van der Waals surface area contributed by atoms with Gasteiger partial charge in [0.15, 0.2) is 0 Å². The lowest BCUT2D eigenvalue weighted by Gasteiger charge is -2.27. The van der Waals surface area contributed by atoms with Crippen LogP contribution in [0.25, 0.3) is 0 Å². The fraction of sp³-hybridized carbons (Fsp3) is 0.562. The molecule has 0 aliphatic rings. The van der Waals surface area contributed by atoms with Gasteiger partial charge in [-0.15, -0.1) is 0 Å². The molecule has 0 aliphatic carbocycles. The Balaban J connectivity index is 2.56. The molecule has 0 saturated carbocycles. The van der Waals surface area contributed by atoms with Crippen LogP contribution in [0.2, 0.25) is 0 Å². The molecule has 0 aliphatic heterocycles. The average molecular weight is 247 g/mol. The van der Waals surface area contributed by atoms with E-state index in [0.29, 0.717) is 6.42 Å². The van der Waals surface area contributed by atoms with Gasteiger partial charge in [-0.05, 0) is 23.8 Å². The van der Waals surface area contributed by atoms with E-state index in [1.54, 1.807) is 0 Å². The van der Waals surface area contributed by atoms with Crippen LogP contribution in [0, 0.1) is 5.41 Å². The lowest BCUT2D eigenvalue weighted by atomic mass is 9.82. The molecule has 2 heteroatoms. The molecule has 18 heavy (non-hydrogen) atoms. The molecule has 0 spiro atoms. The van der Waals surface area contributed by atoms with Crippen LogP contribution in [-0.4, -0.2) is 24.4 Å². The molecular weight excluding hydrogens is 222 g/mol. The topological polar surface area (TPSA) is 20.3 Å². The predicted octanol–water partition coefficient (Wildman–Crippen LogP) is 3.51. The zero-order chi connectivity index (χ0) is 13.6. The van der Waals surface area contributed by atoms with E-state index in [9.17, 15) is 4.79 Å². The average Bonchev–Trinajstić information content (AvgIpc) is 2.29. The highest BCUT2D eigenvalue weighted by molar-refractivity contribution is 5.76. The summed E-state index contributed by atoms with van der Waals surface area (Å²) in [4.78, 5) is 13.9. The Morgan fingerprint density at radius 2 is 1.83 bits per heavy atom. The number of carbonyl (C=O) groups excluding carboxylic acids is 1. The number of carbonyl (C=O) groups is 1. The van der Waals surface area contributed by atoms with Crippen molar-refractivity contribution in [3.63, 3.8) is 0 Å². The zero-order valence-corrected chi connectivity index (χ0v) is 12.1. The van der Waals surface area contributed by atoms with Gasteiger partial charge in [0, 0.05) is 20.0 Å². The Morgan fingerprint density at radius 3 is 2.39 bits per heavy atom. The van der Waals surface area contributed by atoms with Crippen molar-refractivity contribution in [1.82, 2.24) is 4.90 Å². The first-order chi connectivity index (χ1) is 8.44. The van der Waals surface area contributed by atoms with Gasteiger partial charge in [-0.2, -0.15) is 0 Å². The SMILES string of the molecule is CCCN(C)C(=O)CC(C)(C)Cc1ccccc1. The van der Waals surface area contributed by atoms with E-state index in [1.807, 2.05) is 18.0 Å². The summed E-state index contributed by atoms with van der Waals surface area (Å²) in [6.45, 7) is 7.27. The number of benzene rings is 1. The molecule has 0 fully saturated rings. The summed E-state index contributed by atoms with van der Waals surface area (Å²) in [7, 11) is 1.89. The van der Waals surface area contributed by atoms with Gasteiger partial charge < -0.3 is 4.90 Å². The first-order valence-corrected chi connectivity index (χ1v) is 6.72.